The number of amides is 1. The van der Waals surface area contributed by atoms with E-state index in [1.807, 2.05) is 7.05 Å². The third kappa shape index (κ3) is 4.60. The highest BCUT2D eigenvalue weighted by Crippen LogP contribution is 2.48. The fourth-order valence-electron chi connectivity index (χ4n) is 5.51. The van der Waals surface area contributed by atoms with Crippen molar-refractivity contribution in [3.8, 4) is 0 Å². The Morgan fingerprint density at radius 2 is 1.86 bits per heavy atom. The molecule has 2 aromatic rings. The number of rotatable bonds is 6. The highest BCUT2D eigenvalue weighted by atomic mass is 19.4. The molecule has 0 bridgehead atoms. The number of piperidine rings is 1. The molecule has 1 unspecified atom stereocenters. The van der Waals surface area contributed by atoms with Gasteiger partial charge in [-0.25, -0.2) is 13.2 Å². The number of hydrogen-bond acceptors (Lipinski definition) is 4. The molecule has 2 aliphatic carbocycles. The van der Waals surface area contributed by atoms with Crippen LogP contribution in [0.25, 0.3) is 0 Å². The van der Waals surface area contributed by atoms with Crippen LogP contribution in [0.15, 0.2) is 35.3 Å². The number of carbonyl (C=O) groups excluding carboxylic acids is 1. The van der Waals surface area contributed by atoms with Crippen molar-refractivity contribution in [3.63, 3.8) is 0 Å². The average molecular weight is 528 g/mol. The number of likely N-dealkylation sites (tertiary alicyclic amines) is 1. The summed E-state index contributed by atoms with van der Waals surface area (Å²) in [5.41, 5.74) is -2.49. The van der Waals surface area contributed by atoms with Crippen LogP contribution in [0, 0.1) is 17.7 Å². The number of hydrogen-bond donors (Lipinski definition) is 2. The lowest BCUT2D eigenvalue weighted by atomic mass is 9.87. The average Bonchev–Trinajstić information content (AvgIpc) is 3.23. The van der Waals surface area contributed by atoms with E-state index in [1.54, 1.807) is 0 Å². The molecule has 1 aromatic heterocycles. The van der Waals surface area contributed by atoms with Crippen LogP contribution in [0.2, 0.25) is 0 Å². The van der Waals surface area contributed by atoms with Gasteiger partial charge in [-0.05, 0) is 38.3 Å². The molecule has 5 atom stereocenters. The summed E-state index contributed by atoms with van der Waals surface area (Å²) in [6.45, 7) is 2.99. The van der Waals surface area contributed by atoms with Gasteiger partial charge < -0.3 is 20.1 Å². The zero-order valence-electron chi connectivity index (χ0n) is 20.1. The fraction of sp³-hybridized carbons (Fsp3) is 0.520. The van der Waals surface area contributed by atoms with E-state index in [0.717, 1.165) is 42.1 Å². The Morgan fingerprint density at radius 1 is 1.19 bits per heavy atom. The summed E-state index contributed by atoms with van der Waals surface area (Å²) in [4.78, 5) is 28.2. The molecule has 6 nitrogen and oxygen atoms in total. The first-order chi connectivity index (χ1) is 17.3. The molecule has 1 aliphatic heterocycles. The fourth-order valence-corrected chi connectivity index (χ4v) is 5.51. The van der Waals surface area contributed by atoms with Crippen LogP contribution in [-0.4, -0.2) is 47.5 Å². The molecule has 2 heterocycles. The van der Waals surface area contributed by atoms with E-state index >= 15 is 0 Å². The van der Waals surface area contributed by atoms with E-state index in [9.17, 15) is 35.9 Å². The third-order valence-electron chi connectivity index (χ3n) is 7.75. The number of alkyl halides is 5. The molecule has 1 amide bonds. The van der Waals surface area contributed by atoms with Crippen molar-refractivity contribution >= 4 is 11.6 Å². The van der Waals surface area contributed by atoms with Crippen molar-refractivity contribution in [1.82, 2.24) is 14.8 Å². The maximum atomic E-state index is 14.6. The maximum absolute atomic E-state index is 14.6. The molecule has 2 saturated carbocycles. The van der Waals surface area contributed by atoms with Crippen LogP contribution in [0.3, 0.4) is 0 Å². The van der Waals surface area contributed by atoms with Gasteiger partial charge in [0.05, 0.1) is 22.9 Å². The van der Waals surface area contributed by atoms with E-state index in [-0.39, 0.29) is 35.7 Å². The molecule has 2 N–H and O–H groups in total. The molecule has 200 valence electrons. The highest BCUT2D eigenvalue weighted by Gasteiger charge is 2.55. The minimum absolute atomic E-state index is 0.00137. The number of halogens is 6. The zero-order chi connectivity index (χ0) is 26.9. The van der Waals surface area contributed by atoms with Gasteiger partial charge in [0.15, 0.2) is 0 Å². The Morgan fingerprint density at radius 3 is 2.43 bits per heavy atom. The van der Waals surface area contributed by atoms with E-state index in [0.29, 0.717) is 17.9 Å². The van der Waals surface area contributed by atoms with E-state index in [4.69, 9.17) is 0 Å². The Labute approximate surface area is 208 Å². The molecular weight excluding hydrogens is 502 g/mol. The summed E-state index contributed by atoms with van der Waals surface area (Å²) in [6.07, 6.45) is -4.17. The topological polar surface area (TPSA) is 66.4 Å². The number of nitrogens with zero attached hydrogens (tertiary/aromatic N) is 2. The van der Waals surface area contributed by atoms with Crippen LogP contribution >= 0.6 is 0 Å². The maximum Gasteiger partial charge on any atom is 0.419 e. The van der Waals surface area contributed by atoms with Crippen LogP contribution in [0.1, 0.15) is 53.3 Å². The second kappa shape index (κ2) is 8.78. The molecule has 5 rings (SSSR count). The van der Waals surface area contributed by atoms with Crippen molar-refractivity contribution in [2.45, 2.75) is 50.0 Å². The molecule has 12 heteroatoms. The van der Waals surface area contributed by atoms with E-state index < -0.39 is 47.0 Å². The van der Waals surface area contributed by atoms with Crippen LogP contribution < -0.4 is 16.2 Å². The summed E-state index contributed by atoms with van der Waals surface area (Å²) in [5, 5.41) is 5.66. The first-order valence-electron chi connectivity index (χ1n) is 12.0. The van der Waals surface area contributed by atoms with Crippen molar-refractivity contribution in [2.24, 2.45) is 11.8 Å². The van der Waals surface area contributed by atoms with Gasteiger partial charge in [0, 0.05) is 43.4 Å². The SMILES string of the molecule is C[C@@H](NC(=O)c1cn([C@@H]2CCC2(F)F)c(=O)cc1NC1[C@H]2CN(C)C[C@@H]12)c1cccc(C(F)(F)F)c1F. The van der Waals surface area contributed by atoms with Crippen LogP contribution in [0.5, 0.6) is 0 Å². The first kappa shape index (κ1) is 25.6. The van der Waals surface area contributed by atoms with E-state index in [1.165, 1.54) is 6.92 Å². The first-order valence-corrected chi connectivity index (χ1v) is 12.0. The van der Waals surface area contributed by atoms with Gasteiger partial charge in [0.25, 0.3) is 17.4 Å². The second-order valence-corrected chi connectivity index (χ2v) is 10.3. The Hall–Kier alpha value is -3.02. The van der Waals surface area contributed by atoms with Gasteiger partial charge in [-0.3, -0.25) is 9.59 Å². The predicted molar refractivity (Wildman–Crippen MR) is 123 cm³/mol. The number of fused-ring (bicyclic) bond motifs is 1. The van der Waals surface area contributed by atoms with Crippen molar-refractivity contribution in [1.29, 1.82) is 0 Å². The standard InChI is InChI=1S/C25H26F6N4O2/c1-12(13-4-3-5-17(21(13)26)25(29,30)31)32-23(37)16-11-35(19-6-7-24(19,27)28)20(36)8-18(16)33-22-14-9-34(2)10-15(14)22/h3-5,8,11-12,14-15,19,22,33H,6-7,9-10H2,1-2H3,(H,32,37)/t12-,14-,15+,19-,22?/m1/s1. The molecule has 1 saturated heterocycles. The second-order valence-electron chi connectivity index (χ2n) is 10.3. The molecular formula is C25H26F6N4O2. The van der Waals surface area contributed by atoms with Gasteiger partial charge in [-0.1, -0.05) is 12.1 Å². The normalized spacial score (nSPS) is 27.2. The minimum Gasteiger partial charge on any atom is -0.381 e. The monoisotopic (exact) mass is 528 g/mol. The lowest BCUT2D eigenvalue weighted by molar-refractivity contribution is -0.140. The Kier molecular flexibility index (Phi) is 6.08. The quantitative estimate of drug-likeness (QED) is 0.545. The van der Waals surface area contributed by atoms with Crippen molar-refractivity contribution < 1.29 is 31.1 Å². The van der Waals surface area contributed by atoms with Gasteiger partial charge in [0.1, 0.15) is 11.9 Å². The summed E-state index contributed by atoms with van der Waals surface area (Å²) >= 11 is 0. The minimum atomic E-state index is -4.92. The summed E-state index contributed by atoms with van der Waals surface area (Å²) in [6, 6.07) is 1.31. The lowest BCUT2D eigenvalue weighted by Crippen LogP contribution is -2.45. The van der Waals surface area contributed by atoms with Crippen molar-refractivity contribution in [3.05, 3.63) is 63.3 Å². The molecule has 37 heavy (non-hydrogen) atoms. The van der Waals surface area contributed by atoms with Gasteiger partial charge in [-0.15, -0.1) is 0 Å². The Bertz CT molecular complexity index is 1280. The zero-order valence-corrected chi connectivity index (χ0v) is 20.1. The molecule has 0 radical (unpaired) electrons. The summed E-state index contributed by atoms with van der Waals surface area (Å²) in [7, 11) is 1.98. The largest absolute Gasteiger partial charge is 0.419 e. The van der Waals surface area contributed by atoms with Gasteiger partial charge >= 0.3 is 6.18 Å². The number of aromatic nitrogens is 1. The summed E-state index contributed by atoms with van der Waals surface area (Å²) < 4.78 is 83.1. The van der Waals surface area contributed by atoms with Crippen LogP contribution in [-0.2, 0) is 6.18 Å². The van der Waals surface area contributed by atoms with E-state index in [2.05, 4.69) is 15.5 Å². The number of nitrogens with one attached hydrogen (secondary N) is 2. The molecule has 1 aromatic carbocycles. The number of anilines is 1. The number of pyridine rings is 1. The lowest BCUT2D eigenvalue weighted by Gasteiger charge is -2.37. The van der Waals surface area contributed by atoms with Gasteiger partial charge in [-0.2, -0.15) is 13.2 Å². The van der Waals surface area contributed by atoms with Crippen molar-refractivity contribution in [2.75, 3.05) is 25.5 Å². The summed E-state index contributed by atoms with van der Waals surface area (Å²) in [5.74, 6) is -4.80. The number of benzene rings is 1. The third-order valence-corrected chi connectivity index (χ3v) is 7.75. The molecule has 3 fully saturated rings. The van der Waals surface area contributed by atoms with Gasteiger partial charge in [0.2, 0.25) is 0 Å². The Balaban J connectivity index is 1.45. The highest BCUT2D eigenvalue weighted by molar-refractivity contribution is 5.99. The van der Waals surface area contributed by atoms with Crippen LogP contribution in [0.4, 0.5) is 32.0 Å². The number of carbonyl (C=O) groups is 1. The smallest absolute Gasteiger partial charge is 0.381 e. The predicted octanol–water partition coefficient (Wildman–Crippen LogP) is 4.44. The molecule has 0 spiro atoms. The molecule has 3 aliphatic rings.